The quantitative estimate of drug-likeness (QED) is 0.412. The van der Waals surface area contributed by atoms with E-state index in [-0.39, 0.29) is 0 Å². The van der Waals surface area contributed by atoms with Crippen LogP contribution in [0, 0.1) is 4.77 Å². The molecule has 1 aromatic carbocycles. The molecule has 0 unspecified atom stereocenters. The van der Waals surface area contributed by atoms with E-state index in [0.29, 0.717) is 10.7 Å². The van der Waals surface area contributed by atoms with Crippen LogP contribution in [0.5, 0.6) is 5.88 Å². The van der Waals surface area contributed by atoms with Crippen LogP contribution in [0.25, 0.3) is 16.7 Å². The Morgan fingerprint density at radius 2 is 2.20 bits per heavy atom. The second-order valence-corrected chi connectivity index (χ2v) is 5.46. The van der Waals surface area contributed by atoms with E-state index < -0.39 is 0 Å². The molecular formula is C14H12IN3OS. The summed E-state index contributed by atoms with van der Waals surface area (Å²) in [6.45, 7) is 0. The van der Waals surface area contributed by atoms with Crippen LogP contribution in [0.4, 0.5) is 0 Å². The van der Waals surface area contributed by atoms with Gasteiger partial charge in [0.15, 0.2) is 4.77 Å². The number of hydrogen-bond acceptors (Lipinski definition) is 3. The van der Waals surface area contributed by atoms with Crippen molar-refractivity contribution < 1.29 is 4.74 Å². The molecule has 3 aromatic rings. The zero-order valence-electron chi connectivity index (χ0n) is 10.8. The number of benzene rings is 1. The molecule has 6 heteroatoms. The van der Waals surface area contributed by atoms with Gasteiger partial charge in [-0.25, -0.2) is 4.98 Å². The summed E-state index contributed by atoms with van der Waals surface area (Å²) in [6, 6.07) is 10.1. The molecular weight excluding hydrogens is 385 g/mol. The Bertz CT molecular complexity index is 807. The molecule has 0 aliphatic heterocycles. The van der Waals surface area contributed by atoms with Crippen LogP contribution in [0.15, 0.2) is 36.5 Å². The van der Waals surface area contributed by atoms with Crippen molar-refractivity contribution in [2.45, 2.75) is 4.43 Å². The molecule has 0 saturated carbocycles. The maximum atomic E-state index is 5.42. The number of hydrogen-bond donors (Lipinski definition) is 1. The Hall–Kier alpha value is -1.41. The number of ether oxygens (including phenoxy) is 1. The topological polar surface area (TPSA) is 42.8 Å². The van der Waals surface area contributed by atoms with Gasteiger partial charge in [-0.15, -0.1) is 0 Å². The number of imidazole rings is 1. The average Bonchev–Trinajstić information content (AvgIpc) is 2.82. The highest BCUT2D eigenvalue weighted by Gasteiger charge is 2.08. The van der Waals surface area contributed by atoms with Crippen molar-refractivity contribution in [3.8, 4) is 11.6 Å². The lowest BCUT2D eigenvalue weighted by molar-refractivity contribution is 0.398. The highest BCUT2D eigenvalue weighted by atomic mass is 127. The molecule has 0 bridgehead atoms. The Balaban J connectivity index is 2.23. The van der Waals surface area contributed by atoms with E-state index >= 15 is 0 Å². The molecule has 0 amide bonds. The standard InChI is InChI=1S/C14H12IN3OS/c1-19-13-5-3-10(8-16-13)18-12-6-9(7-15)2-4-11(12)17-14(18)20/h2-6,8H,7H2,1H3,(H,17,20). The van der Waals surface area contributed by atoms with Gasteiger partial charge < -0.3 is 9.72 Å². The number of nitrogens with zero attached hydrogens (tertiary/aromatic N) is 2. The first-order chi connectivity index (χ1) is 9.72. The second kappa shape index (κ2) is 5.53. The molecule has 0 radical (unpaired) electrons. The zero-order chi connectivity index (χ0) is 14.1. The summed E-state index contributed by atoms with van der Waals surface area (Å²) in [4.78, 5) is 7.46. The van der Waals surface area contributed by atoms with E-state index in [2.05, 4.69) is 50.8 Å². The number of aromatic amines is 1. The molecule has 0 fully saturated rings. The Morgan fingerprint density at radius 3 is 2.85 bits per heavy atom. The van der Waals surface area contributed by atoms with Crippen molar-refractivity contribution in [2.24, 2.45) is 0 Å². The van der Waals surface area contributed by atoms with Crippen LogP contribution in [0.1, 0.15) is 5.56 Å². The van der Waals surface area contributed by atoms with Crippen LogP contribution in [-0.4, -0.2) is 21.6 Å². The smallest absolute Gasteiger partial charge is 0.213 e. The van der Waals surface area contributed by atoms with Gasteiger partial charge in [-0.3, -0.25) is 4.57 Å². The fourth-order valence-electron chi connectivity index (χ4n) is 2.11. The van der Waals surface area contributed by atoms with Crippen molar-refractivity contribution >= 4 is 45.8 Å². The molecule has 102 valence electrons. The van der Waals surface area contributed by atoms with Gasteiger partial charge in [-0.05, 0) is 36.0 Å². The van der Waals surface area contributed by atoms with E-state index in [0.717, 1.165) is 21.1 Å². The normalized spacial score (nSPS) is 10.9. The molecule has 3 rings (SSSR count). The van der Waals surface area contributed by atoms with Gasteiger partial charge in [0.1, 0.15) is 0 Å². The van der Waals surface area contributed by atoms with Crippen LogP contribution >= 0.6 is 34.8 Å². The third kappa shape index (κ3) is 2.33. The molecule has 0 aliphatic rings. The lowest BCUT2D eigenvalue weighted by atomic mass is 10.2. The summed E-state index contributed by atoms with van der Waals surface area (Å²) >= 11 is 7.78. The van der Waals surface area contributed by atoms with E-state index in [9.17, 15) is 0 Å². The van der Waals surface area contributed by atoms with Gasteiger partial charge in [0.05, 0.1) is 30.0 Å². The predicted molar refractivity (Wildman–Crippen MR) is 90.5 cm³/mol. The van der Waals surface area contributed by atoms with Crippen LogP contribution in [0.3, 0.4) is 0 Å². The zero-order valence-corrected chi connectivity index (χ0v) is 13.7. The number of halogens is 1. The summed E-state index contributed by atoms with van der Waals surface area (Å²) in [5, 5.41) is 0. The Kier molecular flexibility index (Phi) is 3.75. The molecule has 0 saturated heterocycles. The van der Waals surface area contributed by atoms with Gasteiger partial charge >= 0.3 is 0 Å². The number of H-pyrrole nitrogens is 1. The maximum absolute atomic E-state index is 5.42. The molecule has 4 nitrogen and oxygen atoms in total. The minimum Gasteiger partial charge on any atom is -0.481 e. The average molecular weight is 397 g/mol. The number of pyridine rings is 1. The minimum atomic E-state index is 0.591. The minimum absolute atomic E-state index is 0.591. The van der Waals surface area contributed by atoms with Crippen molar-refractivity contribution in [2.75, 3.05) is 7.11 Å². The maximum Gasteiger partial charge on any atom is 0.213 e. The number of fused-ring (bicyclic) bond motifs is 1. The summed E-state index contributed by atoms with van der Waals surface area (Å²) in [6.07, 6.45) is 1.76. The first kappa shape index (κ1) is 13.6. The van der Waals surface area contributed by atoms with Gasteiger partial charge in [0, 0.05) is 10.5 Å². The van der Waals surface area contributed by atoms with Crippen molar-refractivity contribution in [1.29, 1.82) is 0 Å². The third-order valence-corrected chi connectivity index (χ3v) is 4.26. The summed E-state index contributed by atoms with van der Waals surface area (Å²) < 4.78 is 8.71. The number of rotatable bonds is 3. The number of nitrogens with one attached hydrogen (secondary N) is 1. The molecule has 0 atom stereocenters. The predicted octanol–water partition coefficient (Wildman–Crippen LogP) is 4.03. The SMILES string of the molecule is COc1ccc(-n2c(=S)[nH]c3ccc(CI)cc32)cn1. The summed E-state index contributed by atoms with van der Waals surface area (Å²) in [5.41, 5.74) is 4.28. The summed E-state index contributed by atoms with van der Waals surface area (Å²) in [5.74, 6) is 0.591. The van der Waals surface area contributed by atoms with Gasteiger partial charge in [-0.2, -0.15) is 0 Å². The first-order valence-corrected chi connectivity index (χ1v) is 7.96. The number of methoxy groups -OCH3 is 1. The van der Waals surface area contributed by atoms with E-state index in [1.54, 1.807) is 13.3 Å². The molecule has 20 heavy (non-hydrogen) atoms. The van der Waals surface area contributed by atoms with Crippen LogP contribution in [0.2, 0.25) is 0 Å². The van der Waals surface area contributed by atoms with Gasteiger partial charge in [0.2, 0.25) is 5.88 Å². The monoisotopic (exact) mass is 397 g/mol. The molecule has 0 spiro atoms. The molecule has 2 heterocycles. The van der Waals surface area contributed by atoms with Gasteiger partial charge in [0.25, 0.3) is 0 Å². The van der Waals surface area contributed by atoms with E-state index in [1.807, 2.05) is 16.7 Å². The number of alkyl halides is 1. The summed E-state index contributed by atoms with van der Waals surface area (Å²) in [7, 11) is 1.60. The van der Waals surface area contributed by atoms with Crippen molar-refractivity contribution in [3.63, 3.8) is 0 Å². The Labute approximate surface area is 134 Å². The van der Waals surface area contributed by atoms with E-state index in [1.165, 1.54) is 5.56 Å². The fraction of sp³-hybridized carbons (Fsp3) is 0.143. The fourth-order valence-corrected chi connectivity index (χ4v) is 2.90. The third-order valence-electron chi connectivity index (χ3n) is 3.09. The molecule has 1 N–H and O–H groups in total. The second-order valence-electron chi connectivity index (χ2n) is 4.31. The highest BCUT2D eigenvalue weighted by Crippen LogP contribution is 2.22. The van der Waals surface area contributed by atoms with Crippen molar-refractivity contribution in [3.05, 3.63) is 46.9 Å². The van der Waals surface area contributed by atoms with Gasteiger partial charge in [-0.1, -0.05) is 28.7 Å². The van der Waals surface area contributed by atoms with Crippen LogP contribution < -0.4 is 4.74 Å². The molecule has 0 aliphatic carbocycles. The first-order valence-electron chi connectivity index (χ1n) is 6.03. The number of aromatic nitrogens is 3. The van der Waals surface area contributed by atoms with E-state index in [4.69, 9.17) is 17.0 Å². The largest absolute Gasteiger partial charge is 0.481 e. The highest BCUT2D eigenvalue weighted by molar-refractivity contribution is 14.1. The lowest BCUT2D eigenvalue weighted by Crippen LogP contribution is -1.96. The van der Waals surface area contributed by atoms with Crippen molar-refractivity contribution in [1.82, 2.24) is 14.5 Å². The molecule has 2 aromatic heterocycles. The lowest BCUT2D eigenvalue weighted by Gasteiger charge is -2.06. The Morgan fingerprint density at radius 1 is 1.35 bits per heavy atom. The van der Waals surface area contributed by atoms with Crippen LogP contribution in [-0.2, 0) is 4.43 Å².